The van der Waals surface area contributed by atoms with Crippen LogP contribution in [0.4, 0.5) is 5.95 Å². The van der Waals surface area contributed by atoms with Crippen molar-refractivity contribution in [2.75, 3.05) is 39.6 Å². The van der Waals surface area contributed by atoms with Crippen LogP contribution in [0.5, 0.6) is 0 Å². The van der Waals surface area contributed by atoms with E-state index in [1.807, 2.05) is 19.0 Å². The molecule has 3 rings (SSSR count). The predicted molar refractivity (Wildman–Crippen MR) is 99.0 cm³/mol. The number of hydrogen-bond donors (Lipinski definition) is 3. The van der Waals surface area contributed by atoms with Gasteiger partial charge in [0.05, 0.1) is 12.9 Å². The molecular weight excluding hydrogens is 352 g/mol. The molecule has 0 bridgehead atoms. The lowest BCUT2D eigenvalue weighted by molar-refractivity contribution is -0.149. The number of hydrogen-bond acceptors (Lipinski definition) is 8. The van der Waals surface area contributed by atoms with Crippen molar-refractivity contribution in [1.82, 2.24) is 24.4 Å². The maximum Gasteiger partial charge on any atom is 0.305 e. The van der Waals surface area contributed by atoms with Gasteiger partial charge in [0.2, 0.25) is 5.95 Å². The van der Waals surface area contributed by atoms with Gasteiger partial charge >= 0.3 is 5.97 Å². The molecule has 10 heteroatoms. The summed E-state index contributed by atoms with van der Waals surface area (Å²) in [4.78, 5) is 36.7. The number of carbonyl (C=O) groups excluding carboxylic acids is 1. The van der Waals surface area contributed by atoms with Crippen LogP contribution in [0.3, 0.4) is 0 Å². The van der Waals surface area contributed by atoms with Gasteiger partial charge in [-0.15, -0.1) is 0 Å². The lowest BCUT2D eigenvalue weighted by Gasteiger charge is -2.44. The molecule has 27 heavy (non-hydrogen) atoms. The van der Waals surface area contributed by atoms with E-state index in [0.717, 1.165) is 13.0 Å². The molecule has 0 saturated heterocycles. The summed E-state index contributed by atoms with van der Waals surface area (Å²) in [5, 5.41) is 9.58. The molecule has 0 spiro atoms. The molecule has 148 valence electrons. The van der Waals surface area contributed by atoms with Crippen molar-refractivity contribution in [3.05, 3.63) is 16.7 Å². The minimum absolute atomic E-state index is 0.0160. The maximum atomic E-state index is 12.0. The van der Waals surface area contributed by atoms with Crippen molar-refractivity contribution in [2.45, 2.75) is 25.3 Å². The Labute approximate surface area is 156 Å². The van der Waals surface area contributed by atoms with Crippen molar-refractivity contribution < 1.29 is 14.6 Å². The minimum Gasteiger partial charge on any atom is -0.465 e. The van der Waals surface area contributed by atoms with Gasteiger partial charge in [0.1, 0.15) is 0 Å². The Hall–Kier alpha value is -2.46. The zero-order chi connectivity index (χ0) is 19.6. The van der Waals surface area contributed by atoms with Gasteiger partial charge in [0, 0.05) is 25.0 Å². The van der Waals surface area contributed by atoms with E-state index in [0.29, 0.717) is 18.5 Å². The van der Waals surface area contributed by atoms with Crippen molar-refractivity contribution >= 4 is 23.1 Å². The Kier molecular flexibility index (Phi) is 5.76. The lowest BCUT2D eigenvalue weighted by atomic mass is 9.70. The number of aromatic amines is 1. The van der Waals surface area contributed by atoms with E-state index >= 15 is 0 Å². The van der Waals surface area contributed by atoms with Crippen LogP contribution >= 0.6 is 0 Å². The van der Waals surface area contributed by atoms with Gasteiger partial charge < -0.3 is 25.0 Å². The first-order valence-electron chi connectivity index (χ1n) is 9.04. The molecule has 0 amide bonds. The number of imidazole rings is 1. The number of aliphatic hydroxyl groups is 1. The number of esters is 1. The van der Waals surface area contributed by atoms with Crippen molar-refractivity contribution in [1.29, 1.82) is 0 Å². The van der Waals surface area contributed by atoms with Crippen LogP contribution in [-0.2, 0) is 9.53 Å². The molecule has 1 fully saturated rings. The van der Waals surface area contributed by atoms with Crippen LogP contribution in [0.1, 0.15) is 25.3 Å². The second-order valence-corrected chi connectivity index (χ2v) is 7.27. The van der Waals surface area contributed by atoms with E-state index < -0.39 is 5.56 Å². The average Bonchev–Trinajstić information content (AvgIpc) is 2.98. The Bertz CT molecular complexity index is 861. The Morgan fingerprint density at radius 2 is 2.30 bits per heavy atom. The topological polar surface area (TPSA) is 139 Å². The third kappa shape index (κ3) is 4.11. The Morgan fingerprint density at radius 3 is 3.00 bits per heavy atom. The molecule has 4 N–H and O–H groups in total. The second kappa shape index (κ2) is 8.05. The molecule has 0 aliphatic heterocycles. The summed E-state index contributed by atoms with van der Waals surface area (Å²) in [6.45, 7) is 1.06. The van der Waals surface area contributed by atoms with Crippen molar-refractivity contribution in [3.63, 3.8) is 0 Å². The number of aliphatic hydroxyl groups excluding tert-OH is 1. The van der Waals surface area contributed by atoms with Crippen LogP contribution in [0.2, 0.25) is 0 Å². The SMILES string of the molecule is CN(C)CCCC(=O)OC[C@@H]1[C@@H](CO)C[C@H]1n1cnc2c(=O)[nH]c(N)nc21. The summed E-state index contributed by atoms with van der Waals surface area (Å²) in [6, 6.07) is -0.0598. The van der Waals surface area contributed by atoms with E-state index in [1.54, 1.807) is 10.9 Å². The van der Waals surface area contributed by atoms with Crippen LogP contribution < -0.4 is 11.3 Å². The molecule has 2 heterocycles. The highest BCUT2D eigenvalue weighted by Crippen LogP contribution is 2.44. The van der Waals surface area contributed by atoms with Gasteiger partial charge in [-0.05, 0) is 39.4 Å². The average molecular weight is 378 g/mol. The number of ether oxygens (including phenoxy) is 1. The van der Waals surface area contributed by atoms with Gasteiger partial charge in [0.15, 0.2) is 11.2 Å². The number of nitrogens with zero attached hydrogens (tertiary/aromatic N) is 4. The van der Waals surface area contributed by atoms with Gasteiger partial charge in [-0.1, -0.05) is 0 Å². The number of carbonyl (C=O) groups is 1. The second-order valence-electron chi connectivity index (χ2n) is 7.27. The van der Waals surface area contributed by atoms with E-state index in [9.17, 15) is 14.7 Å². The van der Waals surface area contributed by atoms with Gasteiger partial charge in [-0.2, -0.15) is 4.98 Å². The third-order valence-electron chi connectivity index (χ3n) is 5.11. The van der Waals surface area contributed by atoms with E-state index in [-0.39, 0.29) is 48.5 Å². The first-order valence-corrected chi connectivity index (χ1v) is 9.04. The predicted octanol–water partition coefficient (Wildman–Crippen LogP) is -0.244. The number of fused-ring (bicyclic) bond motifs is 1. The monoisotopic (exact) mass is 378 g/mol. The fourth-order valence-corrected chi connectivity index (χ4v) is 3.54. The lowest BCUT2D eigenvalue weighted by Crippen LogP contribution is -2.43. The summed E-state index contributed by atoms with van der Waals surface area (Å²) >= 11 is 0. The maximum absolute atomic E-state index is 12.0. The fraction of sp³-hybridized carbons (Fsp3) is 0.647. The molecule has 10 nitrogen and oxygen atoms in total. The molecule has 1 saturated carbocycles. The molecular formula is C17H26N6O4. The summed E-state index contributed by atoms with van der Waals surface area (Å²) in [6.07, 6.45) is 3.35. The smallest absolute Gasteiger partial charge is 0.305 e. The molecule has 0 aromatic carbocycles. The molecule has 2 aromatic rings. The molecule has 1 aliphatic rings. The Balaban J connectivity index is 1.68. The largest absolute Gasteiger partial charge is 0.465 e. The van der Waals surface area contributed by atoms with E-state index in [2.05, 4.69) is 15.0 Å². The number of nitrogen functional groups attached to an aromatic ring is 1. The number of H-pyrrole nitrogens is 1. The normalized spacial score (nSPS) is 22.1. The zero-order valence-corrected chi connectivity index (χ0v) is 15.6. The molecule has 2 aromatic heterocycles. The van der Waals surface area contributed by atoms with Crippen LogP contribution in [-0.4, -0.2) is 69.3 Å². The third-order valence-corrected chi connectivity index (χ3v) is 5.11. The van der Waals surface area contributed by atoms with E-state index in [1.165, 1.54) is 0 Å². The minimum atomic E-state index is -0.391. The number of nitrogens with one attached hydrogen (secondary N) is 1. The van der Waals surface area contributed by atoms with Crippen molar-refractivity contribution in [2.24, 2.45) is 11.8 Å². The van der Waals surface area contributed by atoms with Gasteiger partial charge in [0.25, 0.3) is 5.56 Å². The van der Waals surface area contributed by atoms with Crippen LogP contribution in [0.15, 0.2) is 11.1 Å². The summed E-state index contributed by atoms with van der Waals surface area (Å²) in [7, 11) is 3.91. The van der Waals surface area contributed by atoms with Crippen molar-refractivity contribution in [3.8, 4) is 0 Å². The highest BCUT2D eigenvalue weighted by molar-refractivity contribution is 5.71. The standard InChI is InChI=1S/C17H26N6O4/c1-22(2)5-3-4-13(25)27-8-11-10(7-24)6-12(11)23-9-19-14-15(23)20-17(18)21-16(14)26/h9-12,24H,3-8H2,1-2H3,(H3,18,20,21,26)/t10-,11-,12-/m1/s1. The van der Waals surface area contributed by atoms with Gasteiger partial charge in [-0.3, -0.25) is 14.6 Å². The zero-order valence-electron chi connectivity index (χ0n) is 15.6. The quantitative estimate of drug-likeness (QED) is 0.535. The first kappa shape index (κ1) is 19.3. The van der Waals surface area contributed by atoms with Crippen LogP contribution in [0.25, 0.3) is 11.2 Å². The molecule has 0 radical (unpaired) electrons. The van der Waals surface area contributed by atoms with E-state index in [4.69, 9.17) is 10.5 Å². The highest BCUT2D eigenvalue weighted by Gasteiger charge is 2.43. The van der Waals surface area contributed by atoms with Gasteiger partial charge in [-0.25, -0.2) is 4.98 Å². The fourth-order valence-electron chi connectivity index (χ4n) is 3.54. The number of nitrogens with two attached hydrogens (primary N) is 1. The Morgan fingerprint density at radius 1 is 1.52 bits per heavy atom. The number of anilines is 1. The summed E-state index contributed by atoms with van der Waals surface area (Å²) < 4.78 is 7.22. The summed E-state index contributed by atoms with van der Waals surface area (Å²) in [5.74, 6) is -0.251. The molecule has 3 atom stereocenters. The van der Waals surface area contributed by atoms with Crippen LogP contribution in [0, 0.1) is 11.8 Å². The number of rotatable bonds is 8. The molecule has 0 unspecified atom stereocenters. The summed E-state index contributed by atoms with van der Waals surface area (Å²) in [5.41, 5.74) is 5.88. The highest BCUT2D eigenvalue weighted by atomic mass is 16.5. The first-order chi connectivity index (χ1) is 12.9. The number of aromatic nitrogens is 4. The molecule has 1 aliphatic carbocycles.